The van der Waals surface area contributed by atoms with E-state index in [2.05, 4.69) is 0 Å². The fourth-order valence-corrected chi connectivity index (χ4v) is 2.87. The number of hydrogen-bond acceptors (Lipinski definition) is 3. The topological polar surface area (TPSA) is 46.6 Å². The lowest BCUT2D eigenvalue weighted by atomic mass is 9.96. The van der Waals surface area contributed by atoms with Gasteiger partial charge >= 0.3 is 6.09 Å². The van der Waals surface area contributed by atoms with Gasteiger partial charge in [-0.2, -0.15) is 0 Å². The van der Waals surface area contributed by atoms with Crippen molar-refractivity contribution in [3.63, 3.8) is 0 Å². The molecule has 0 aromatic heterocycles. The molecule has 0 aliphatic carbocycles. The summed E-state index contributed by atoms with van der Waals surface area (Å²) in [5, 5.41) is 0.316. The lowest BCUT2D eigenvalue weighted by Gasteiger charge is -2.31. The molecule has 0 spiro atoms. The van der Waals surface area contributed by atoms with E-state index >= 15 is 0 Å². The summed E-state index contributed by atoms with van der Waals surface area (Å²) in [5.74, 6) is 0. The number of allylic oxidation sites excluding steroid dienone is 2. The van der Waals surface area contributed by atoms with Crippen molar-refractivity contribution < 1.29 is 14.3 Å². The van der Waals surface area contributed by atoms with Gasteiger partial charge in [0, 0.05) is 11.8 Å². The number of carbonyl (C=O) groups is 2. The number of rotatable bonds is 4. The number of nitrogens with zero attached hydrogens (tertiary/aromatic N) is 1. The Morgan fingerprint density at radius 3 is 2.36 bits per heavy atom. The molecule has 1 aliphatic rings. The minimum atomic E-state index is -0.612. The van der Waals surface area contributed by atoms with E-state index in [0.29, 0.717) is 16.9 Å². The maximum absolute atomic E-state index is 12.6. The largest absolute Gasteiger partial charge is 0.444 e. The normalized spacial score (nSPS) is 16.7. The van der Waals surface area contributed by atoms with E-state index in [0.717, 1.165) is 11.1 Å². The van der Waals surface area contributed by atoms with Crippen LogP contribution in [0.1, 0.15) is 17.2 Å². The average molecular weight is 354 g/mol. The Labute approximate surface area is 151 Å². The first-order valence-electron chi connectivity index (χ1n) is 7.77. The molecule has 5 heteroatoms. The van der Waals surface area contributed by atoms with Crippen LogP contribution in [-0.4, -0.2) is 17.3 Å². The van der Waals surface area contributed by atoms with Crippen LogP contribution in [0.2, 0.25) is 0 Å². The first-order chi connectivity index (χ1) is 12.2. The van der Waals surface area contributed by atoms with Crippen LogP contribution in [0.15, 0.2) is 83.5 Å². The average Bonchev–Trinajstić information content (AvgIpc) is 2.67. The lowest BCUT2D eigenvalue weighted by molar-refractivity contribution is -0.105. The predicted octanol–water partition coefficient (Wildman–Crippen LogP) is 4.59. The van der Waals surface area contributed by atoms with Crippen molar-refractivity contribution in [1.29, 1.82) is 0 Å². The number of carbonyl (C=O) groups excluding carboxylic acids is 2. The van der Waals surface area contributed by atoms with Crippen LogP contribution in [0, 0.1) is 0 Å². The Bertz CT molecular complexity index is 815. The summed E-state index contributed by atoms with van der Waals surface area (Å²) in [6, 6.07) is 18.0. The van der Waals surface area contributed by atoms with Gasteiger partial charge in [-0.3, -0.25) is 9.69 Å². The molecule has 0 N–H and O–H groups in total. The van der Waals surface area contributed by atoms with E-state index in [-0.39, 0.29) is 6.61 Å². The van der Waals surface area contributed by atoms with E-state index in [9.17, 15) is 9.59 Å². The van der Waals surface area contributed by atoms with E-state index in [1.807, 2.05) is 60.7 Å². The summed E-state index contributed by atoms with van der Waals surface area (Å²) in [6.45, 7) is 0.152. The van der Waals surface area contributed by atoms with Crippen molar-refractivity contribution in [2.75, 3.05) is 0 Å². The molecular weight excluding hydrogens is 338 g/mol. The van der Waals surface area contributed by atoms with Crippen LogP contribution in [-0.2, 0) is 16.1 Å². The van der Waals surface area contributed by atoms with Crippen molar-refractivity contribution in [2.24, 2.45) is 0 Å². The van der Waals surface area contributed by atoms with Gasteiger partial charge in [0.1, 0.15) is 12.9 Å². The van der Waals surface area contributed by atoms with Crippen molar-refractivity contribution >= 4 is 24.0 Å². The molecule has 1 unspecified atom stereocenters. The molecule has 0 saturated carbocycles. The van der Waals surface area contributed by atoms with Crippen LogP contribution in [0.3, 0.4) is 0 Å². The molecule has 0 radical (unpaired) electrons. The van der Waals surface area contributed by atoms with Crippen molar-refractivity contribution in [3.8, 4) is 0 Å². The molecule has 4 nitrogen and oxygen atoms in total. The molecule has 1 aliphatic heterocycles. The maximum Gasteiger partial charge on any atom is 0.415 e. The molecule has 2 aromatic rings. The zero-order valence-corrected chi connectivity index (χ0v) is 14.1. The molecule has 1 amide bonds. The molecule has 126 valence electrons. The fourth-order valence-electron chi connectivity index (χ4n) is 2.66. The molecule has 25 heavy (non-hydrogen) atoms. The Morgan fingerprint density at radius 2 is 1.72 bits per heavy atom. The highest BCUT2D eigenvalue weighted by molar-refractivity contribution is 6.33. The van der Waals surface area contributed by atoms with Gasteiger partial charge < -0.3 is 4.74 Å². The van der Waals surface area contributed by atoms with Crippen molar-refractivity contribution in [1.82, 2.24) is 4.90 Å². The summed E-state index contributed by atoms with van der Waals surface area (Å²) in [6.07, 6.45) is 3.20. The summed E-state index contributed by atoms with van der Waals surface area (Å²) in [4.78, 5) is 25.5. The first kappa shape index (κ1) is 17.0. The van der Waals surface area contributed by atoms with Gasteiger partial charge in [0.15, 0.2) is 0 Å². The Hall–Kier alpha value is -2.85. The van der Waals surface area contributed by atoms with E-state index < -0.39 is 12.1 Å². The smallest absolute Gasteiger partial charge is 0.415 e. The minimum Gasteiger partial charge on any atom is -0.444 e. The van der Waals surface area contributed by atoms with Crippen LogP contribution in [0.25, 0.3) is 0 Å². The quantitative estimate of drug-likeness (QED) is 0.755. The summed E-state index contributed by atoms with van der Waals surface area (Å²) >= 11 is 6.15. The third-order valence-electron chi connectivity index (χ3n) is 3.89. The second-order valence-corrected chi connectivity index (χ2v) is 5.90. The van der Waals surface area contributed by atoms with Crippen LogP contribution in [0.4, 0.5) is 4.79 Å². The molecule has 2 aromatic carbocycles. The Morgan fingerprint density at radius 1 is 1.08 bits per heavy atom. The highest BCUT2D eigenvalue weighted by Gasteiger charge is 2.32. The SMILES string of the molecule is O=CC1=C(Cl)C=CN(C(=O)OCc2ccccc2)C1c1ccccc1. The van der Waals surface area contributed by atoms with Crippen LogP contribution >= 0.6 is 11.6 Å². The van der Waals surface area contributed by atoms with Gasteiger partial charge in [-0.25, -0.2) is 4.79 Å². The summed E-state index contributed by atoms with van der Waals surface area (Å²) < 4.78 is 5.40. The molecule has 1 heterocycles. The second-order valence-electron chi connectivity index (χ2n) is 5.50. The predicted molar refractivity (Wildman–Crippen MR) is 95.7 cm³/mol. The zero-order valence-electron chi connectivity index (χ0n) is 13.3. The van der Waals surface area contributed by atoms with Gasteiger partial charge in [0.2, 0.25) is 0 Å². The van der Waals surface area contributed by atoms with Crippen molar-refractivity contribution in [3.05, 3.63) is 94.7 Å². The second kappa shape index (κ2) is 7.81. The molecule has 1 atom stereocenters. The molecular formula is C20H16ClNO3. The first-order valence-corrected chi connectivity index (χ1v) is 8.15. The van der Waals surface area contributed by atoms with Crippen LogP contribution < -0.4 is 0 Å². The molecule has 0 fully saturated rings. The van der Waals surface area contributed by atoms with E-state index in [4.69, 9.17) is 16.3 Å². The fraction of sp³-hybridized carbons (Fsp3) is 0.100. The van der Waals surface area contributed by atoms with Crippen molar-refractivity contribution in [2.45, 2.75) is 12.6 Å². The third-order valence-corrected chi connectivity index (χ3v) is 4.23. The minimum absolute atomic E-state index is 0.152. The number of hydrogen-bond donors (Lipinski definition) is 0. The number of benzene rings is 2. The number of ether oxygens (including phenoxy) is 1. The standard InChI is InChI=1S/C20H16ClNO3/c21-18-11-12-22(20(24)25-14-15-7-3-1-4-8-15)19(17(18)13-23)16-9-5-2-6-10-16/h1-13,19H,14H2. The monoisotopic (exact) mass is 353 g/mol. The van der Waals surface area contributed by atoms with Gasteiger partial charge in [0.25, 0.3) is 0 Å². The highest BCUT2D eigenvalue weighted by Crippen LogP contribution is 2.35. The lowest BCUT2D eigenvalue weighted by Crippen LogP contribution is -2.34. The number of amides is 1. The van der Waals surface area contributed by atoms with E-state index in [1.165, 1.54) is 11.0 Å². The highest BCUT2D eigenvalue weighted by atomic mass is 35.5. The van der Waals surface area contributed by atoms with Gasteiger partial charge in [-0.15, -0.1) is 0 Å². The third kappa shape index (κ3) is 3.80. The number of aldehydes is 1. The Kier molecular flexibility index (Phi) is 5.31. The summed E-state index contributed by atoms with van der Waals surface area (Å²) in [7, 11) is 0. The van der Waals surface area contributed by atoms with Crippen LogP contribution in [0.5, 0.6) is 0 Å². The molecule has 3 rings (SSSR count). The summed E-state index contributed by atoms with van der Waals surface area (Å²) in [5.41, 5.74) is 1.99. The van der Waals surface area contributed by atoms with E-state index in [1.54, 1.807) is 6.20 Å². The molecule has 0 saturated heterocycles. The number of halogens is 1. The Balaban J connectivity index is 1.84. The molecule has 0 bridgehead atoms. The van der Waals surface area contributed by atoms with Gasteiger partial charge in [0.05, 0.1) is 11.1 Å². The van der Waals surface area contributed by atoms with Gasteiger partial charge in [-0.05, 0) is 17.2 Å². The maximum atomic E-state index is 12.6. The van der Waals surface area contributed by atoms with Gasteiger partial charge in [-0.1, -0.05) is 72.3 Å². The zero-order chi connectivity index (χ0) is 17.6.